The van der Waals surface area contributed by atoms with Crippen molar-refractivity contribution >= 4 is 17.8 Å². The van der Waals surface area contributed by atoms with E-state index in [1.54, 1.807) is 0 Å². The van der Waals surface area contributed by atoms with Crippen LogP contribution < -0.4 is 16.4 Å². The van der Waals surface area contributed by atoms with Gasteiger partial charge in [0.25, 0.3) is 0 Å². The van der Waals surface area contributed by atoms with Crippen LogP contribution in [0.25, 0.3) is 0 Å². The molecular formula is C18H27N3O4. The second-order valence-electron chi connectivity index (χ2n) is 6.43. The zero-order chi connectivity index (χ0) is 18.8. The third-order valence-corrected chi connectivity index (χ3v) is 3.63. The minimum atomic E-state index is -1.06. The van der Waals surface area contributed by atoms with Crippen molar-refractivity contribution in [1.82, 2.24) is 10.6 Å². The van der Waals surface area contributed by atoms with Crippen molar-refractivity contribution in [1.29, 1.82) is 0 Å². The molecule has 2 atom stereocenters. The summed E-state index contributed by atoms with van der Waals surface area (Å²) < 4.78 is 0. The van der Waals surface area contributed by atoms with Gasteiger partial charge < -0.3 is 21.5 Å². The van der Waals surface area contributed by atoms with Crippen molar-refractivity contribution in [2.75, 3.05) is 6.54 Å². The minimum Gasteiger partial charge on any atom is -0.480 e. The smallest absolute Gasteiger partial charge is 0.326 e. The largest absolute Gasteiger partial charge is 0.480 e. The molecule has 0 aliphatic heterocycles. The maximum Gasteiger partial charge on any atom is 0.326 e. The average Bonchev–Trinajstić information content (AvgIpc) is 2.54. The number of carbonyl (C=O) groups excluding carboxylic acids is 2. The van der Waals surface area contributed by atoms with Crippen molar-refractivity contribution < 1.29 is 19.5 Å². The normalized spacial score (nSPS) is 13.1. The van der Waals surface area contributed by atoms with Crippen molar-refractivity contribution in [3.05, 3.63) is 35.9 Å². The highest BCUT2D eigenvalue weighted by Crippen LogP contribution is 2.05. The number of rotatable bonds is 10. The number of carbonyl (C=O) groups is 3. The monoisotopic (exact) mass is 349 g/mol. The number of hydrogen-bond donors (Lipinski definition) is 4. The molecule has 2 amide bonds. The van der Waals surface area contributed by atoms with Crippen LogP contribution in [0.5, 0.6) is 0 Å². The lowest BCUT2D eigenvalue weighted by atomic mass is 10.0. The summed E-state index contributed by atoms with van der Waals surface area (Å²) in [6.07, 6.45) is 0.773. The molecule has 25 heavy (non-hydrogen) atoms. The fourth-order valence-corrected chi connectivity index (χ4v) is 2.35. The Morgan fingerprint density at radius 3 is 2.36 bits per heavy atom. The van der Waals surface area contributed by atoms with E-state index in [9.17, 15) is 14.4 Å². The Morgan fingerprint density at radius 1 is 1.16 bits per heavy atom. The van der Waals surface area contributed by atoms with Gasteiger partial charge in [0, 0.05) is 13.0 Å². The van der Waals surface area contributed by atoms with Gasteiger partial charge in [0.15, 0.2) is 0 Å². The van der Waals surface area contributed by atoms with Gasteiger partial charge in [-0.1, -0.05) is 44.2 Å². The van der Waals surface area contributed by atoms with E-state index in [1.807, 2.05) is 44.2 Å². The van der Waals surface area contributed by atoms with Crippen LogP contribution in [0.4, 0.5) is 0 Å². The van der Waals surface area contributed by atoms with Gasteiger partial charge in [0.05, 0.1) is 6.04 Å². The minimum absolute atomic E-state index is 0.00563. The highest BCUT2D eigenvalue weighted by molar-refractivity contribution is 5.85. The highest BCUT2D eigenvalue weighted by atomic mass is 16.4. The predicted octanol–water partition coefficient (Wildman–Crippen LogP) is 0.678. The van der Waals surface area contributed by atoms with E-state index in [1.165, 1.54) is 0 Å². The zero-order valence-electron chi connectivity index (χ0n) is 14.7. The number of nitrogens with one attached hydrogen (secondary N) is 2. The van der Waals surface area contributed by atoms with Crippen LogP contribution in [-0.2, 0) is 20.8 Å². The fourth-order valence-electron chi connectivity index (χ4n) is 2.35. The lowest BCUT2D eigenvalue weighted by molar-refractivity contribution is -0.142. The summed E-state index contributed by atoms with van der Waals surface area (Å²) in [5, 5.41) is 14.2. The third kappa shape index (κ3) is 8.30. The first-order chi connectivity index (χ1) is 11.8. The van der Waals surface area contributed by atoms with Crippen LogP contribution in [-0.4, -0.2) is 41.5 Å². The van der Waals surface area contributed by atoms with Gasteiger partial charge in [-0.25, -0.2) is 4.79 Å². The van der Waals surface area contributed by atoms with Crippen LogP contribution in [0.3, 0.4) is 0 Å². The standard InChI is InChI=1S/C18H27N3O4/c1-12(2)10-15(18(24)25)21-16(22)8-9-20-17(23)14(19)11-13-6-4-3-5-7-13/h3-7,12,14-15H,8-11,19H2,1-2H3,(H,20,23)(H,21,22)(H,24,25). The Morgan fingerprint density at radius 2 is 1.80 bits per heavy atom. The molecule has 0 aliphatic rings. The lowest BCUT2D eigenvalue weighted by Gasteiger charge is -2.17. The summed E-state index contributed by atoms with van der Waals surface area (Å²) in [6, 6.07) is 7.81. The molecule has 0 bridgehead atoms. The van der Waals surface area contributed by atoms with E-state index in [4.69, 9.17) is 10.8 Å². The maximum absolute atomic E-state index is 11.9. The van der Waals surface area contributed by atoms with E-state index >= 15 is 0 Å². The zero-order valence-corrected chi connectivity index (χ0v) is 14.7. The van der Waals surface area contributed by atoms with Gasteiger partial charge >= 0.3 is 5.97 Å². The van der Waals surface area contributed by atoms with Crippen LogP contribution in [0, 0.1) is 5.92 Å². The number of benzene rings is 1. The molecule has 5 N–H and O–H groups in total. The molecule has 1 rings (SSSR count). The Bertz CT molecular complexity index is 575. The SMILES string of the molecule is CC(C)CC(NC(=O)CCNC(=O)C(N)Cc1ccccc1)C(=O)O. The maximum atomic E-state index is 11.9. The Balaban J connectivity index is 2.33. The second kappa shape index (κ2) is 10.5. The van der Waals surface area contributed by atoms with Crippen molar-refractivity contribution in [2.24, 2.45) is 11.7 Å². The van der Waals surface area contributed by atoms with Crippen LogP contribution in [0.15, 0.2) is 30.3 Å². The summed E-state index contributed by atoms with van der Waals surface area (Å²) in [7, 11) is 0. The van der Waals surface area contributed by atoms with Crippen LogP contribution >= 0.6 is 0 Å². The first-order valence-corrected chi connectivity index (χ1v) is 8.39. The lowest BCUT2D eigenvalue weighted by Crippen LogP contribution is -2.45. The molecule has 0 saturated carbocycles. The molecule has 0 aliphatic carbocycles. The van der Waals surface area contributed by atoms with Gasteiger partial charge in [0.1, 0.15) is 6.04 Å². The molecule has 7 nitrogen and oxygen atoms in total. The summed E-state index contributed by atoms with van der Waals surface area (Å²) in [6.45, 7) is 3.88. The first kappa shape index (κ1) is 20.6. The number of aliphatic carboxylic acids is 1. The first-order valence-electron chi connectivity index (χ1n) is 8.39. The topological polar surface area (TPSA) is 122 Å². The Hall–Kier alpha value is -2.41. The molecule has 138 valence electrons. The molecular weight excluding hydrogens is 322 g/mol. The van der Waals surface area contributed by atoms with Crippen molar-refractivity contribution in [3.63, 3.8) is 0 Å². The van der Waals surface area contributed by atoms with Gasteiger partial charge in [-0.15, -0.1) is 0 Å². The van der Waals surface area contributed by atoms with E-state index in [2.05, 4.69) is 10.6 Å². The number of carboxylic acids is 1. The summed E-state index contributed by atoms with van der Waals surface area (Å²) >= 11 is 0. The second-order valence-corrected chi connectivity index (χ2v) is 6.43. The molecule has 1 aromatic rings. The fraction of sp³-hybridized carbons (Fsp3) is 0.500. The van der Waals surface area contributed by atoms with Gasteiger partial charge in [-0.3, -0.25) is 9.59 Å². The molecule has 0 fully saturated rings. The molecule has 0 saturated heterocycles. The number of amides is 2. The molecule has 0 heterocycles. The van der Waals surface area contributed by atoms with E-state index in [0.29, 0.717) is 12.8 Å². The van der Waals surface area contributed by atoms with E-state index in [-0.39, 0.29) is 24.8 Å². The van der Waals surface area contributed by atoms with Crippen LogP contribution in [0.1, 0.15) is 32.3 Å². The van der Waals surface area contributed by atoms with Crippen molar-refractivity contribution in [3.8, 4) is 0 Å². The summed E-state index contributed by atoms with van der Waals surface area (Å²) in [4.78, 5) is 34.9. The van der Waals surface area contributed by atoms with Gasteiger partial charge in [0.2, 0.25) is 11.8 Å². The van der Waals surface area contributed by atoms with Crippen molar-refractivity contribution in [2.45, 2.75) is 45.2 Å². The van der Waals surface area contributed by atoms with Gasteiger partial charge in [-0.2, -0.15) is 0 Å². The Kier molecular flexibility index (Phi) is 8.63. The molecule has 0 radical (unpaired) electrons. The molecule has 1 aromatic carbocycles. The Labute approximate surface area is 148 Å². The number of nitrogens with two attached hydrogens (primary N) is 1. The summed E-state index contributed by atoms with van der Waals surface area (Å²) in [5.74, 6) is -1.66. The molecule has 0 spiro atoms. The van der Waals surface area contributed by atoms with E-state index in [0.717, 1.165) is 5.56 Å². The average molecular weight is 349 g/mol. The quantitative estimate of drug-likeness (QED) is 0.495. The highest BCUT2D eigenvalue weighted by Gasteiger charge is 2.21. The predicted molar refractivity (Wildman–Crippen MR) is 94.8 cm³/mol. The molecule has 2 unspecified atom stereocenters. The number of carboxylic acid groups (broad SMARTS) is 1. The molecule has 7 heteroatoms. The summed E-state index contributed by atoms with van der Waals surface area (Å²) in [5.41, 5.74) is 6.81. The van der Waals surface area contributed by atoms with Gasteiger partial charge in [-0.05, 0) is 24.3 Å². The van der Waals surface area contributed by atoms with Crippen LogP contribution in [0.2, 0.25) is 0 Å². The number of hydrogen-bond acceptors (Lipinski definition) is 4. The molecule has 0 aromatic heterocycles. The van der Waals surface area contributed by atoms with E-state index < -0.39 is 24.0 Å². The third-order valence-electron chi connectivity index (χ3n) is 3.63.